The molecule has 0 aromatic rings. The minimum atomic E-state index is 0.0335. The predicted octanol–water partition coefficient (Wildman–Crippen LogP) is 0.387. The summed E-state index contributed by atoms with van der Waals surface area (Å²) in [6.45, 7) is 2.90. The monoisotopic (exact) mass is 225 g/mol. The zero-order valence-electron chi connectivity index (χ0n) is 9.93. The lowest BCUT2D eigenvalue weighted by Gasteiger charge is -2.25. The van der Waals surface area contributed by atoms with Crippen LogP contribution in [0.15, 0.2) is 0 Å². The van der Waals surface area contributed by atoms with Crippen molar-refractivity contribution in [2.24, 2.45) is 0 Å². The van der Waals surface area contributed by atoms with E-state index in [1.807, 2.05) is 0 Å². The summed E-state index contributed by atoms with van der Waals surface area (Å²) in [6.07, 6.45) is 7.09. The fourth-order valence-corrected chi connectivity index (χ4v) is 2.52. The molecule has 2 fully saturated rings. The topological polar surface area (TPSA) is 53.2 Å². The zero-order valence-corrected chi connectivity index (χ0v) is 9.93. The molecule has 2 atom stereocenters. The minimum Gasteiger partial charge on any atom is -0.355 e. The standard InChI is InChI=1S/C12H23N3O/c16-12-11(6-2-4-8-14-12)15-9-10-5-1-3-7-13-10/h10-11,13,15H,1-9H2,(H,14,16). The van der Waals surface area contributed by atoms with Gasteiger partial charge in [-0.3, -0.25) is 4.79 Å². The fraction of sp³-hybridized carbons (Fsp3) is 0.917. The summed E-state index contributed by atoms with van der Waals surface area (Å²) in [5.41, 5.74) is 0. The molecule has 0 spiro atoms. The first kappa shape index (κ1) is 11.9. The van der Waals surface area contributed by atoms with Crippen molar-refractivity contribution in [2.75, 3.05) is 19.6 Å². The molecule has 2 saturated heterocycles. The molecule has 16 heavy (non-hydrogen) atoms. The van der Waals surface area contributed by atoms with E-state index in [1.165, 1.54) is 19.3 Å². The molecule has 0 bridgehead atoms. The van der Waals surface area contributed by atoms with E-state index in [0.717, 1.165) is 38.9 Å². The molecule has 2 unspecified atom stereocenters. The fourth-order valence-electron chi connectivity index (χ4n) is 2.52. The highest BCUT2D eigenvalue weighted by molar-refractivity contribution is 5.81. The van der Waals surface area contributed by atoms with Crippen molar-refractivity contribution in [1.82, 2.24) is 16.0 Å². The van der Waals surface area contributed by atoms with Crippen LogP contribution in [0, 0.1) is 0 Å². The van der Waals surface area contributed by atoms with Crippen molar-refractivity contribution < 1.29 is 4.79 Å². The maximum absolute atomic E-state index is 11.7. The minimum absolute atomic E-state index is 0.0335. The van der Waals surface area contributed by atoms with E-state index in [9.17, 15) is 4.79 Å². The van der Waals surface area contributed by atoms with Crippen LogP contribution in [0.4, 0.5) is 0 Å². The van der Waals surface area contributed by atoms with Gasteiger partial charge in [0.15, 0.2) is 0 Å². The van der Waals surface area contributed by atoms with E-state index in [4.69, 9.17) is 0 Å². The molecule has 2 rings (SSSR count). The van der Waals surface area contributed by atoms with Gasteiger partial charge < -0.3 is 16.0 Å². The molecule has 0 aromatic carbocycles. The van der Waals surface area contributed by atoms with Gasteiger partial charge in [-0.2, -0.15) is 0 Å². The lowest BCUT2D eigenvalue weighted by Crippen LogP contribution is -2.49. The number of piperidine rings is 1. The van der Waals surface area contributed by atoms with E-state index >= 15 is 0 Å². The Labute approximate surface area is 97.6 Å². The third kappa shape index (κ3) is 3.46. The van der Waals surface area contributed by atoms with Crippen LogP contribution in [-0.4, -0.2) is 37.6 Å². The van der Waals surface area contributed by atoms with E-state index in [1.54, 1.807) is 0 Å². The van der Waals surface area contributed by atoms with Crippen LogP contribution < -0.4 is 16.0 Å². The third-order valence-corrected chi connectivity index (χ3v) is 3.56. The molecule has 2 aliphatic heterocycles. The second kappa shape index (κ2) is 6.21. The molecule has 0 aromatic heterocycles. The van der Waals surface area contributed by atoms with E-state index in [2.05, 4.69) is 16.0 Å². The van der Waals surface area contributed by atoms with Gasteiger partial charge in [0.2, 0.25) is 5.91 Å². The highest BCUT2D eigenvalue weighted by Crippen LogP contribution is 2.08. The van der Waals surface area contributed by atoms with Crippen LogP contribution in [-0.2, 0) is 4.79 Å². The molecular formula is C12H23N3O. The first-order valence-corrected chi connectivity index (χ1v) is 6.61. The van der Waals surface area contributed by atoms with Crippen LogP contribution in [0.5, 0.6) is 0 Å². The van der Waals surface area contributed by atoms with Gasteiger partial charge in [-0.15, -0.1) is 0 Å². The average Bonchev–Trinajstić information content (AvgIpc) is 2.53. The first-order chi connectivity index (χ1) is 7.86. The van der Waals surface area contributed by atoms with E-state index < -0.39 is 0 Å². The van der Waals surface area contributed by atoms with Crippen molar-refractivity contribution in [2.45, 2.75) is 50.6 Å². The van der Waals surface area contributed by atoms with Gasteiger partial charge in [0.1, 0.15) is 0 Å². The maximum atomic E-state index is 11.7. The van der Waals surface area contributed by atoms with Gasteiger partial charge in [0, 0.05) is 19.1 Å². The average molecular weight is 225 g/mol. The van der Waals surface area contributed by atoms with Crippen LogP contribution in [0.2, 0.25) is 0 Å². The molecular weight excluding hydrogens is 202 g/mol. The Kier molecular flexibility index (Phi) is 4.60. The molecule has 1 amide bonds. The Morgan fingerprint density at radius 3 is 2.75 bits per heavy atom. The predicted molar refractivity (Wildman–Crippen MR) is 64.3 cm³/mol. The van der Waals surface area contributed by atoms with Gasteiger partial charge in [0.05, 0.1) is 6.04 Å². The summed E-state index contributed by atoms with van der Waals surface area (Å²) in [5, 5.41) is 9.86. The summed E-state index contributed by atoms with van der Waals surface area (Å²) in [7, 11) is 0. The molecule has 92 valence electrons. The Morgan fingerprint density at radius 2 is 1.94 bits per heavy atom. The summed E-state index contributed by atoms with van der Waals surface area (Å²) in [5.74, 6) is 0.188. The van der Waals surface area contributed by atoms with Crippen molar-refractivity contribution in [1.29, 1.82) is 0 Å². The molecule has 0 saturated carbocycles. The number of carbonyl (C=O) groups is 1. The van der Waals surface area contributed by atoms with Crippen molar-refractivity contribution in [3.8, 4) is 0 Å². The summed E-state index contributed by atoms with van der Waals surface area (Å²) in [6, 6.07) is 0.594. The van der Waals surface area contributed by atoms with Gasteiger partial charge >= 0.3 is 0 Å². The maximum Gasteiger partial charge on any atom is 0.237 e. The molecule has 2 aliphatic rings. The largest absolute Gasteiger partial charge is 0.355 e. The Hall–Kier alpha value is -0.610. The highest BCUT2D eigenvalue weighted by atomic mass is 16.2. The summed E-state index contributed by atoms with van der Waals surface area (Å²) >= 11 is 0. The van der Waals surface area contributed by atoms with Gasteiger partial charge in [-0.1, -0.05) is 6.42 Å². The van der Waals surface area contributed by atoms with E-state index in [-0.39, 0.29) is 11.9 Å². The Bertz CT molecular complexity index is 226. The summed E-state index contributed by atoms with van der Waals surface area (Å²) < 4.78 is 0. The molecule has 2 heterocycles. The van der Waals surface area contributed by atoms with Crippen molar-refractivity contribution in [3.63, 3.8) is 0 Å². The normalized spacial score (nSPS) is 31.9. The van der Waals surface area contributed by atoms with Gasteiger partial charge in [-0.25, -0.2) is 0 Å². The second-order valence-corrected chi connectivity index (χ2v) is 4.89. The quantitative estimate of drug-likeness (QED) is 0.651. The third-order valence-electron chi connectivity index (χ3n) is 3.56. The SMILES string of the molecule is O=C1NCCCCC1NCC1CCCCN1. The number of carbonyl (C=O) groups excluding carboxylic acids is 1. The van der Waals surface area contributed by atoms with Gasteiger partial charge in [0.25, 0.3) is 0 Å². The number of hydrogen-bond acceptors (Lipinski definition) is 3. The van der Waals surface area contributed by atoms with Crippen LogP contribution in [0.3, 0.4) is 0 Å². The smallest absolute Gasteiger partial charge is 0.237 e. The van der Waals surface area contributed by atoms with Crippen LogP contribution in [0.1, 0.15) is 38.5 Å². The Balaban J connectivity index is 1.72. The highest BCUT2D eigenvalue weighted by Gasteiger charge is 2.21. The number of hydrogen-bond donors (Lipinski definition) is 3. The van der Waals surface area contributed by atoms with Crippen LogP contribution in [0.25, 0.3) is 0 Å². The number of nitrogens with one attached hydrogen (secondary N) is 3. The summed E-state index contributed by atoms with van der Waals surface area (Å²) in [4.78, 5) is 11.7. The van der Waals surface area contributed by atoms with Crippen LogP contribution >= 0.6 is 0 Å². The van der Waals surface area contributed by atoms with Crippen molar-refractivity contribution in [3.05, 3.63) is 0 Å². The molecule has 0 radical (unpaired) electrons. The zero-order chi connectivity index (χ0) is 11.2. The lowest BCUT2D eigenvalue weighted by molar-refractivity contribution is -0.122. The Morgan fingerprint density at radius 1 is 1.12 bits per heavy atom. The molecule has 3 N–H and O–H groups in total. The second-order valence-electron chi connectivity index (χ2n) is 4.89. The lowest BCUT2D eigenvalue weighted by atomic mass is 10.0. The van der Waals surface area contributed by atoms with Gasteiger partial charge in [-0.05, 0) is 38.6 Å². The first-order valence-electron chi connectivity index (χ1n) is 6.61. The molecule has 0 aliphatic carbocycles. The number of rotatable bonds is 3. The van der Waals surface area contributed by atoms with E-state index in [0.29, 0.717) is 6.04 Å². The number of amides is 1. The molecule has 4 nitrogen and oxygen atoms in total. The molecule has 4 heteroatoms. The van der Waals surface area contributed by atoms with Crippen molar-refractivity contribution >= 4 is 5.91 Å².